The Labute approximate surface area is 124 Å². The minimum atomic E-state index is -0.774. The molecule has 1 fully saturated rings. The molecule has 1 aliphatic carbocycles. The molecule has 21 heavy (non-hydrogen) atoms. The molecule has 1 aromatic heterocycles. The van der Waals surface area contributed by atoms with Gasteiger partial charge in [0.25, 0.3) is 5.91 Å². The van der Waals surface area contributed by atoms with Gasteiger partial charge in [-0.1, -0.05) is 43.3 Å². The Bertz CT molecular complexity index is 494. The summed E-state index contributed by atoms with van der Waals surface area (Å²) in [5, 5.41) is 15.2. The van der Waals surface area contributed by atoms with Crippen LogP contribution >= 0.6 is 0 Å². The summed E-state index contributed by atoms with van der Waals surface area (Å²) in [6.07, 6.45) is 8.21. The zero-order chi connectivity index (χ0) is 15.1. The maximum absolute atomic E-state index is 12.4. The van der Waals surface area contributed by atoms with Crippen molar-refractivity contribution in [2.24, 2.45) is 10.9 Å². The molecule has 1 aliphatic rings. The zero-order valence-corrected chi connectivity index (χ0v) is 12.1. The van der Waals surface area contributed by atoms with Crippen LogP contribution in [-0.4, -0.2) is 27.5 Å². The monoisotopic (exact) mass is 290 g/mol. The summed E-state index contributed by atoms with van der Waals surface area (Å²) >= 11 is 0. The number of hydrogen-bond donors (Lipinski definition) is 3. The van der Waals surface area contributed by atoms with Gasteiger partial charge in [-0.15, -0.1) is 0 Å². The number of pyridine rings is 1. The maximum Gasteiger partial charge on any atom is 0.270 e. The van der Waals surface area contributed by atoms with Gasteiger partial charge in [-0.3, -0.25) is 9.78 Å². The first-order valence-corrected chi connectivity index (χ1v) is 7.39. The number of aromatic nitrogens is 1. The Morgan fingerprint density at radius 1 is 1.24 bits per heavy atom. The molecule has 0 unspecified atom stereocenters. The van der Waals surface area contributed by atoms with Gasteiger partial charge in [0.05, 0.1) is 0 Å². The molecule has 0 bridgehead atoms. The minimum Gasteiger partial charge on any atom is -0.409 e. The highest BCUT2D eigenvalue weighted by atomic mass is 16.4. The molecule has 0 aliphatic heterocycles. The van der Waals surface area contributed by atoms with Crippen LogP contribution in [0.4, 0.5) is 0 Å². The van der Waals surface area contributed by atoms with E-state index in [4.69, 9.17) is 10.9 Å². The third kappa shape index (κ3) is 3.71. The molecule has 1 amide bonds. The van der Waals surface area contributed by atoms with Crippen molar-refractivity contribution in [1.82, 2.24) is 10.3 Å². The van der Waals surface area contributed by atoms with Crippen LogP contribution in [0.25, 0.3) is 0 Å². The van der Waals surface area contributed by atoms with Crippen LogP contribution < -0.4 is 11.1 Å². The number of oxime groups is 1. The van der Waals surface area contributed by atoms with Gasteiger partial charge in [0.15, 0.2) is 5.84 Å². The Morgan fingerprint density at radius 2 is 1.90 bits per heavy atom. The SMILES string of the molecule is N/C(=N/O)C1(NC(=O)c2ccccn2)CCCCCCC1. The summed E-state index contributed by atoms with van der Waals surface area (Å²) in [7, 11) is 0. The van der Waals surface area contributed by atoms with Crippen LogP contribution in [0, 0.1) is 0 Å². The Morgan fingerprint density at radius 3 is 2.48 bits per heavy atom. The fourth-order valence-corrected chi connectivity index (χ4v) is 2.83. The van der Waals surface area contributed by atoms with Crippen LogP contribution in [0.15, 0.2) is 29.6 Å². The van der Waals surface area contributed by atoms with E-state index in [0.29, 0.717) is 18.5 Å². The predicted octanol–water partition coefficient (Wildman–Crippen LogP) is 2.04. The highest BCUT2D eigenvalue weighted by Gasteiger charge is 2.37. The molecule has 4 N–H and O–H groups in total. The first-order valence-electron chi connectivity index (χ1n) is 7.39. The van der Waals surface area contributed by atoms with E-state index in [0.717, 1.165) is 25.7 Å². The topological polar surface area (TPSA) is 101 Å². The molecule has 0 saturated heterocycles. The third-order valence-corrected chi connectivity index (χ3v) is 4.06. The van der Waals surface area contributed by atoms with Crippen LogP contribution in [0.1, 0.15) is 55.4 Å². The standard InChI is InChI=1S/C15H22N4O2/c16-14(19-21)15(9-5-2-1-3-6-10-15)18-13(20)12-8-4-7-11-17-12/h4,7-8,11,21H,1-3,5-6,9-10H2,(H2,16,19)(H,18,20). The molecule has 2 rings (SSSR count). The Balaban J connectivity index is 2.21. The number of rotatable bonds is 3. The average Bonchev–Trinajstić information content (AvgIpc) is 2.50. The largest absolute Gasteiger partial charge is 0.409 e. The fraction of sp³-hybridized carbons (Fsp3) is 0.533. The first kappa shape index (κ1) is 15.3. The molecule has 0 atom stereocenters. The van der Waals surface area contributed by atoms with Crippen LogP contribution in [0.3, 0.4) is 0 Å². The number of hydrogen-bond acceptors (Lipinski definition) is 4. The van der Waals surface area contributed by atoms with Crippen molar-refractivity contribution in [2.45, 2.75) is 50.5 Å². The van der Waals surface area contributed by atoms with Crippen LogP contribution in [-0.2, 0) is 0 Å². The van der Waals surface area contributed by atoms with Crippen LogP contribution in [0.2, 0.25) is 0 Å². The number of nitrogens with two attached hydrogens (primary N) is 1. The van der Waals surface area contributed by atoms with Crippen molar-refractivity contribution >= 4 is 11.7 Å². The lowest BCUT2D eigenvalue weighted by atomic mass is 9.82. The predicted molar refractivity (Wildman–Crippen MR) is 80.2 cm³/mol. The first-order chi connectivity index (χ1) is 10.2. The number of amides is 1. The van der Waals surface area contributed by atoms with Crippen molar-refractivity contribution in [1.29, 1.82) is 0 Å². The number of amidine groups is 1. The minimum absolute atomic E-state index is 0.0775. The quantitative estimate of drug-likeness (QED) is 0.343. The summed E-state index contributed by atoms with van der Waals surface area (Å²) in [6.45, 7) is 0. The van der Waals surface area contributed by atoms with Crippen LogP contribution in [0.5, 0.6) is 0 Å². The van der Waals surface area contributed by atoms with Crippen molar-refractivity contribution in [3.8, 4) is 0 Å². The highest BCUT2D eigenvalue weighted by Crippen LogP contribution is 2.27. The van der Waals surface area contributed by atoms with Crippen molar-refractivity contribution in [3.05, 3.63) is 30.1 Å². The van der Waals surface area contributed by atoms with E-state index in [-0.39, 0.29) is 11.7 Å². The van der Waals surface area contributed by atoms with E-state index in [2.05, 4.69) is 15.5 Å². The lowest BCUT2D eigenvalue weighted by Gasteiger charge is -2.35. The average molecular weight is 290 g/mol. The normalized spacial score (nSPS) is 19.3. The smallest absolute Gasteiger partial charge is 0.270 e. The lowest BCUT2D eigenvalue weighted by Crippen LogP contribution is -2.58. The molecule has 6 heteroatoms. The van der Waals surface area contributed by atoms with E-state index in [9.17, 15) is 4.79 Å². The lowest BCUT2D eigenvalue weighted by molar-refractivity contribution is 0.0905. The summed E-state index contributed by atoms with van der Waals surface area (Å²) in [6, 6.07) is 5.17. The molecule has 1 aromatic rings. The van der Waals surface area contributed by atoms with Crippen molar-refractivity contribution in [3.63, 3.8) is 0 Å². The van der Waals surface area contributed by atoms with E-state index in [1.165, 1.54) is 6.42 Å². The van der Waals surface area contributed by atoms with Gasteiger partial charge in [-0.05, 0) is 25.0 Å². The fourth-order valence-electron chi connectivity index (χ4n) is 2.83. The second-order valence-corrected chi connectivity index (χ2v) is 5.50. The van der Waals surface area contributed by atoms with Gasteiger partial charge in [-0.25, -0.2) is 0 Å². The Kier molecular flexibility index (Phi) is 5.14. The van der Waals surface area contributed by atoms with Gasteiger partial charge < -0.3 is 16.3 Å². The Hall–Kier alpha value is -2.11. The summed E-state index contributed by atoms with van der Waals surface area (Å²) < 4.78 is 0. The molecule has 0 spiro atoms. The maximum atomic E-state index is 12.4. The highest BCUT2D eigenvalue weighted by molar-refractivity contribution is 5.99. The third-order valence-electron chi connectivity index (χ3n) is 4.06. The zero-order valence-electron chi connectivity index (χ0n) is 12.1. The molecule has 0 radical (unpaired) electrons. The van der Waals surface area contributed by atoms with Crippen molar-refractivity contribution in [2.75, 3.05) is 0 Å². The number of carbonyl (C=O) groups is 1. The van der Waals surface area contributed by atoms with E-state index < -0.39 is 5.54 Å². The second-order valence-electron chi connectivity index (χ2n) is 5.50. The molecule has 114 valence electrons. The summed E-state index contributed by atoms with van der Waals surface area (Å²) in [5.74, 6) is -0.212. The van der Waals surface area contributed by atoms with Gasteiger partial charge in [-0.2, -0.15) is 0 Å². The van der Waals surface area contributed by atoms with Gasteiger partial charge in [0.1, 0.15) is 11.2 Å². The molecule has 6 nitrogen and oxygen atoms in total. The van der Waals surface area contributed by atoms with Gasteiger partial charge in [0, 0.05) is 6.20 Å². The van der Waals surface area contributed by atoms with Gasteiger partial charge in [0.2, 0.25) is 0 Å². The van der Waals surface area contributed by atoms with E-state index >= 15 is 0 Å². The number of nitrogens with zero attached hydrogens (tertiary/aromatic N) is 2. The molecular weight excluding hydrogens is 268 g/mol. The summed E-state index contributed by atoms with van der Waals surface area (Å²) in [5.41, 5.74) is 5.46. The number of carbonyl (C=O) groups excluding carboxylic acids is 1. The molecule has 0 aromatic carbocycles. The van der Waals surface area contributed by atoms with E-state index in [1.54, 1.807) is 24.4 Å². The van der Waals surface area contributed by atoms with Gasteiger partial charge >= 0.3 is 0 Å². The second kappa shape index (κ2) is 7.06. The van der Waals surface area contributed by atoms with E-state index in [1.807, 2.05) is 0 Å². The molecular formula is C15H22N4O2. The molecule has 1 saturated carbocycles. The summed E-state index contributed by atoms with van der Waals surface area (Å²) in [4.78, 5) is 16.4. The molecule has 1 heterocycles. The number of nitrogens with one attached hydrogen (secondary N) is 1. The van der Waals surface area contributed by atoms with Crippen molar-refractivity contribution < 1.29 is 10.0 Å².